The molecule has 150 valence electrons. The van der Waals surface area contributed by atoms with Crippen LogP contribution in [0.3, 0.4) is 0 Å². The van der Waals surface area contributed by atoms with Crippen molar-refractivity contribution in [3.63, 3.8) is 0 Å². The lowest BCUT2D eigenvalue weighted by Crippen LogP contribution is -2.10. The van der Waals surface area contributed by atoms with Gasteiger partial charge in [-0.2, -0.15) is 10.2 Å². The number of pyridine rings is 1. The highest BCUT2D eigenvalue weighted by Crippen LogP contribution is 2.18. The number of nitrogen functional groups attached to an aromatic ring is 1. The predicted molar refractivity (Wildman–Crippen MR) is 107 cm³/mol. The number of halogens is 1. The number of hydrogen-bond acceptors (Lipinski definition) is 8. The fourth-order valence-corrected chi connectivity index (χ4v) is 2.81. The molecule has 0 fully saturated rings. The molecule has 0 saturated carbocycles. The van der Waals surface area contributed by atoms with Gasteiger partial charge in [0.15, 0.2) is 11.6 Å². The van der Waals surface area contributed by atoms with Crippen LogP contribution >= 0.6 is 0 Å². The van der Waals surface area contributed by atoms with Gasteiger partial charge < -0.3 is 11.1 Å². The second-order valence-corrected chi connectivity index (χ2v) is 6.39. The number of nitrogens with two attached hydrogens (primary N) is 1. The van der Waals surface area contributed by atoms with Gasteiger partial charge in [-0.3, -0.25) is 4.79 Å². The summed E-state index contributed by atoms with van der Waals surface area (Å²) in [6, 6.07) is 8.05. The molecule has 0 aliphatic carbocycles. The quantitative estimate of drug-likeness (QED) is 0.449. The first-order valence-corrected chi connectivity index (χ1v) is 9.04. The van der Waals surface area contributed by atoms with Gasteiger partial charge in [-0.25, -0.2) is 19.3 Å². The first-order chi connectivity index (χ1) is 14.6. The maximum absolute atomic E-state index is 14.2. The summed E-state index contributed by atoms with van der Waals surface area (Å²) in [5, 5.41) is 11.0. The third kappa shape index (κ3) is 4.27. The van der Waals surface area contributed by atoms with E-state index in [4.69, 9.17) is 5.73 Å². The van der Waals surface area contributed by atoms with Gasteiger partial charge in [0.2, 0.25) is 0 Å². The molecular formula is C20H17FN8O. The molecule has 3 heterocycles. The maximum atomic E-state index is 14.2. The second kappa shape index (κ2) is 8.43. The molecule has 10 heteroatoms. The van der Waals surface area contributed by atoms with Gasteiger partial charge in [-0.1, -0.05) is 12.1 Å². The zero-order valence-electron chi connectivity index (χ0n) is 15.7. The smallest absolute Gasteiger partial charge is 0.192 e. The number of hydrogen-bond donors (Lipinski definition) is 2. The largest absolute Gasteiger partial charge is 0.382 e. The van der Waals surface area contributed by atoms with Gasteiger partial charge >= 0.3 is 0 Å². The van der Waals surface area contributed by atoms with Crippen LogP contribution < -0.4 is 11.1 Å². The minimum absolute atomic E-state index is 0.0658. The molecule has 0 spiro atoms. The van der Waals surface area contributed by atoms with Crippen LogP contribution in [0, 0.1) is 5.82 Å². The standard InChI is InChI=1S/C20H17FN8O/c21-15-4-3-13(8-14(15)10-24-16-2-1-5-23-20(16)22)9-18(30)17-11-26-19(12-25-17)29-27-6-7-28-29/h1-8,11-12,24H,9-10H2,(H2,22,23). The van der Waals surface area contributed by atoms with Crippen molar-refractivity contribution in [2.45, 2.75) is 13.0 Å². The Morgan fingerprint density at radius 1 is 1.07 bits per heavy atom. The Bertz CT molecular complexity index is 1160. The van der Waals surface area contributed by atoms with E-state index in [1.54, 1.807) is 30.5 Å². The number of carbonyl (C=O) groups is 1. The SMILES string of the molecule is Nc1ncccc1NCc1cc(CC(=O)c2cnc(-n3nccn3)cn2)ccc1F. The zero-order chi connectivity index (χ0) is 20.9. The highest BCUT2D eigenvalue weighted by Gasteiger charge is 2.12. The van der Waals surface area contributed by atoms with Gasteiger partial charge in [-0.05, 0) is 23.8 Å². The second-order valence-electron chi connectivity index (χ2n) is 6.39. The number of nitrogens with zero attached hydrogens (tertiary/aromatic N) is 6. The van der Waals surface area contributed by atoms with Gasteiger partial charge in [-0.15, -0.1) is 4.80 Å². The number of rotatable bonds is 7. The van der Waals surface area contributed by atoms with E-state index in [0.29, 0.717) is 28.5 Å². The summed E-state index contributed by atoms with van der Waals surface area (Å²) in [4.78, 5) is 26.1. The lowest BCUT2D eigenvalue weighted by molar-refractivity contribution is 0.0987. The van der Waals surface area contributed by atoms with Crippen molar-refractivity contribution in [3.05, 3.63) is 84.0 Å². The van der Waals surface area contributed by atoms with Crippen LogP contribution in [0.1, 0.15) is 21.6 Å². The number of benzene rings is 1. The normalized spacial score (nSPS) is 10.7. The van der Waals surface area contributed by atoms with Crippen molar-refractivity contribution >= 4 is 17.3 Å². The van der Waals surface area contributed by atoms with E-state index in [2.05, 4.69) is 30.5 Å². The fourth-order valence-electron chi connectivity index (χ4n) is 2.81. The Hall–Kier alpha value is -4.21. The van der Waals surface area contributed by atoms with E-state index >= 15 is 0 Å². The minimum atomic E-state index is -0.378. The molecule has 4 aromatic rings. The van der Waals surface area contributed by atoms with E-state index in [-0.39, 0.29) is 30.3 Å². The van der Waals surface area contributed by atoms with Crippen LogP contribution in [0.4, 0.5) is 15.9 Å². The summed E-state index contributed by atoms with van der Waals surface area (Å²) in [7, 11) is 0. The van der Waals surface area contributed by atoms with Crippen molar-refractivity contribution in [1.29, 1.82) is 0 Å². The average molecular weight is 404 g/mol. The monoisotopic (exact) mass is 404 g/mol. The molecule has 0 amide bonds. The van der Waals surface area contributed by atoms with E-state index in [1.165, 1.54) is 35.7 Å². The summed E-state index contributed by atoms with van der Waals surface area (Å²) in [6.45, 7) is 0.204. The topological polar surface area (TPSA) is 124 Å². The summed E-state index contributed by atoms with van der Waals surface area (Å²) in [5.74, 6) is 0.125. The molecule has 9 nitrogen and oxygen atoms in total. The number of Topliss-reactive ketones (excluding diaryl/α,β-unsaturated/α-hetero) is 1. The summed E-state index contributed by atoms with van der Waals surface area (Å²) in [5.41, 5.74) is 7.68. The van der Waals surface area contributed by atoms with Crippen molar-refractivity contribution in [1.82, 2.24) is 29.9 Å². The van der Waals surface area contributed by atoms with Gasteiger partial charge in [0.1, 0.15) is 17.3 Å². The first-order valence-electron chi connectivity index (χ1n) is 9.04. The highest BCUT2D eigenvalue weighted by molar-refractivity contribution is 5.95. The molecule has 0 bridgehead atoms. The molecule has 1 aromatic carbocycles. The van der Waals surface area contributed by atoms with E-state index in [1.807, 2.05) is 0 Å². The zero-order valence-corrected chi connectivity index (χ0v) is 15.7. The Morgan fingerprint density at radius 2 is 1.90 bits per heavy atom. The van der Waals surface area contributed by atoms with Gasteiger partial charge in [0, 0.05) is 24.7 Å². The lowest BCUT2D eigenvalue weighted by atomic mass is 10.0. The van der Waals surface area contributed by atoms with E-state index in [9.17, 15) is 9.18 Å². The van der Waals surface area contributed by atoms with Crippen molar-refractivity contribution in [2.75, 3.05) is 11.1 Å². The van der Waals surface area contributed by atoms with Crippen LogP contribution in [0.25, 0.3) is 5.82 Å². The van der Waals surface area contributed by atoms with Crippen LogP contribution in [-0.2, 0) is 13.0 Å². The Morgan fingerprint density at radius 3 is 2.63 bits per heavy atom. The van der Waals surface area contributed by atoms with E-state index in [0.717, 1.165) is 0 Å². The lowest BCUT2D eigenvalue weighted by Gasteiger charge is -2.10. The van der Waals surface area contributed by atoms with Gasteiger partial charge in [0.25, 0.3) is 0 Å². The third-order valence-electron chi connectivity index (χ3n) is 4.33. The Balaban J connectivity index is 1.44. The van der Waals surface area contributed by atoms with Crippen LogP contribution in [0.5, 0.6) is 0 Å². The maximum Gasteiger partial charge on any atom is 0.192 e. The van der Waals surface area contributed by atoms with Crippen LogP contribution in [0.2, 0.25) is 0 Å². The Labute approximate surface area is 170 Å². The molecule has 3 aromatic heterocycles. The molecule has 0 radical (unpaired) electrons. The highest BCUT2D eigenvalue weighted by atomic mass is 19.1. The number of carbonyl (C=O) groups excluding carboxylic acids is 1. The summed E-state index contributed by atoms with van der Waals surface area (Å²) < 4.78 is 14.2. The molecule has 0 aliphatic rings. The van der Waals surface area contributed by atoms with E-state index < -0.39 is 0 Å². The molecule has 0 unspecified atom stereocenters. The Kier molecular flexibility index (Phi) is 5.37. The third-order valence-corrected chi connectivity index (χ3v) is 4.33. The van der Waals surface area contributed by atoms with Crippen molar-refractivity contribution < 1.29 is 9.18 Å². The predicted octanol–water partition coefficient (Wildman–Crippen LogP) is 2.21. The molecule has 0 atom stereocenters. The first kappa shape index (κ1) is 19.1. The minimum Gasteiger partial charge on any atom is -0.382 e. The fraction of sp³-hybridized carbons (Fsp3) is 0.100. The molecular weight excluding hydrogens is 387 g/mol. The molecule has 30 heavy (non-hydrogen) atoms. The summed E-state index contributed by atoms with van der Waals surface area (Å²) in [6.07, 6.45) is 7.48. The van der Waals surface area contributed by atoms with Crippen molar-refractivity contribution in [3.8, 4) is 5.82 Å². The number of aromatic nitrogens is 6. The van der Waals surface area contributed by atoms with Crippen molar-refractivity contribution in [2.24, 2.45) is 0 Å². The molecule has 4 rings (SSSR count). The van der Waals surface area contributed by atoms with Crippen LogP contribution in [0.15, 0.2) is 61.3 Å². The number of ketones is 1. The number of nitrogens with one attached hydrogen (secondary N) is 1. The average Bonchev–Trinajstić information content (AvgIpc) is 3.30. The molecule has 3 N–H and O–H groups in total. The van der Waals surface area contributed by atoms with Crippen LogP contribution in [-0.4, -0.2) is 35.7 Å². The number of anilines is 2. The molecule has 0 aliphatic heterocycles. The van der Waals surface area contributed by atoms with Gasteiger partial charge in [0.05, 0.1) is 30.5 Å². The molecule has 0 saturated heterocycles. The summed E-state index contributed by atoms with van der Waals surface area (Å²) >= 11 is 0.